The Hall–Kier alpha value is -2.90. The van der Waals surface area contributed by atoms with Crippen molar-refractivity contribution in [1.29, 1.82) is 0 Å². The van der Waals surface area contributed by atoms with Gasteiger partial charge in [-0.3, -0.25) is 15.0 Å². The van der Waals surface area contributed by atoms with Gasteiger partial charge < -0.3 is 9.73 Å². The monoisotopic (exact) mass is 397 g/mol. The van der Waals surface area contributed by atoms with Gasteiger partial charge in [0.25, 0.3) is 0 Å². The lowest BCUT2D eigenvalue weighted by molar-refractivity contribution is -0.121. The predicted molar refractivity (Wildman–Crippen MR) is 109 cm³/mol. The molecule has 0 saturated heterocycles. The van der Waals surface area contributed by atoms with Crippen LogP contribution in [0.25, 0.3) is 0 Å². The first-order chi connectivity index (χ1) is 13.7. The molecule has 0 aliphatic rings. The highest BCUT2D eigenvalue weighted by molar-refractivity contribution is 7.09. The maximum atomic E-state index is 12.3. The molecule has 1 aromatic carbocycles. The Kier molecular flexibility index (Phi) is 7.40. The Bertz CT molecular complexity index is 848. The fourth-order valence-electron chi connectivity index (χ4n) is 2.80. The van der Waals surface area contributed by atoms with Crippen molar-refractivity contribution in [3.05, 3.63) is 82.4 Å². The van der Waals surface area contributed by atoms with Crippen LogP contribution >= 0.6 is 11.3 Å². The Balaban J connectivity index is 1.49. The molecule has 7 heteroatoms. The number of hydrogen-bond acceptors (Lipinski definition) is 5. The van der Waals surface area contributed by atoms with Gasteiger partial charge in [0.1, 0.15) is 5.76 Å². The van der Waals surface area contributed by atoms with Gasteiger partial charge in [0.2, 0.25) is 5.91 Å². The molecule has 0 aliphatic heterocycles. The number of furan rings is 1. The maximum Gasteiger partial charge on any atom is 0.321 e. The summed E-state index contributed by atoms with van der Waals surface area (Å²) in [4.78, 5) is 27.4. The molecule has 3 rings (SSSR count). The number of imide groups is 1. The van der Waals surface area contributed by atoms with Gasteiger partial charge in [-0.1, -0.05) is 36.4 Å². The zero-order valence-electron chi connectivity index (χ0n) is 15.5. The van der Waals surface area contributed by atoms with Crippen LogP contribution in [-0.4, -0.2) is 29.9 Å². The molecule has 0 spiro atoms. The van der Waals surface area contributed by atoms with Crippen LogP contribution in [0, 0.1) is 0 Å². The van der Waals surface area contributed by atoms with Crippen molar-refractivity contribution in [1.82, 2.24) is 15.5 Å². The lowest BCUT2D eigenvalue weighted by atomic mass is 10.2. The standard InChI is InChI=1S/C21H23N3O3S/c25-20(23-21(26)22-11-10-19-9-5-13-28-19)16-24(15-18-8-4-12-27-18)14-17-6-2-1-3-7-17/h1-9,12-13H,10-11,14-16H2,(H2,22,23,25,26). The Morgan fingerprint density at radius 3 is 2.57 bits per heavy atom. The van der Waals surface area contributed by atoms with E-state index in [1.54, 1.807) is 17.6 Å². The topological polar surface area (TPSA) is 74.6 Å². The number of hydrogen-bond donors (Lipinski definition) is 2. The Morgan fingerprint density at radius 2 is 1.86 bits per heavy atom. The van der Waals surface area contributed by atoms with Gasteiger partial charge in [-0.25, -0.2) is 4.79 Å². The number of rotatable bonds is 9. The lowest BCUT2D eigenvalue weighted by Crippen LogP contribution is -2.44. The van der Waals surface area contributed by atoms with Crippen LogP contribution in [-0.2, 0) is 24.3 Å². The third-order valence-corrected chi connectivity index (χ3v) is 5.00. The fourth-order valence-corrected chi connectivity index (χ4v) is 3.51. The second-order valence-electron chi connectivity index (χ2n) is 6.34. The molecule has 2 N–H and O–H groups in total. The second-order valence-corrected chi connectivity index (χ2v) is 7.38. The molecule has 0 bridgehead atoms. The summed E-state index contributed by atoms with van der Waals surface area (Å²) in [5.74, 6) is 0.417. The third kappa shape index (κ3) is 6.68. The average Bonchev–Trinajstić information content (AvgIpc) is 3.36. The van der Waals surface area contributed by atoms with Crippen molar-refractivity contribution in [2.75, 3.05) is 13.1 Å². The lowest BCUT2D eigenvalue weighted by Gasteiger charge is -2.20. The number of thiophene rings is 1. The summed E-state index contributed by atoms with van der Waals surface area (Å²) >= 11 is 1.65. The number of urea groups is 1. The quantitative estimate of drug-likeness (QED) is 0.580. The third-order valence-electron chi connectivity index (χ3n) is 4.07. The molecular formula is C21H23N3O3S. The van der Waals surface area contributed by atoms with Crippen LogP contribution in [0.2, 0.25) is 0 Å². The minimum Gasteiger partial charge on any atom is -0.468 e. The van der Waals surface area contributed by atoms with E-state index in [9.17, 15) is 9.59 Å². The van der Waals surface area contributed by atoms with E-state index in [0.717, 1.165) is 17.7 Å². The van der Waals surface area contributed by atoms with Crippen LogP contribution < -0.4 is 10.6 Å². The van der Waals surface area contributed by atoms with Crippen molar-refractivity contribution < 1.29 is 14.0 Å². The molecular weight excluding hydrogens is 374 g/mol. The number of amides is 3. The van der Waals surface area contributed by atoms with Gasteiger partial charge in [0.15, 0.2) is 0 Å². The summed E-state index contributed by atoms with van der Waals surface area (Å²) in [6.45, 7) is 1.64. The molecule has 3 aromatic rings. The van der Waals surface area contributed by atoms with Crippen molar-refractivity contribution >= 4 is 23.3 Å². The minimum absolute atomic E-state index is 0.0912. The number of benzene rings is 1. The van der Waals surface area contributed by atoms with Gasteiger partial charge in [0.05, 0.1) is 19.4 Å². The van der Waals surface area contributed by atoms with E-state index >= 15 is 0 Å². The van der Waals surface area contributed by atoms with Crippen molar-refractivity contribution in [3.63, 3.8) is 0 Å². The molecule has 2 heterocycles. The first-order valence-electron chi connectivity index (χ1n) is 9.08. The Labute approximate surface area is 168 Å². The molecule has 0 radical (unpaired) electrons. The van der Waals surface area contributed by atoms with E-state index in [4.69, 9.17) is 4.42 Å². The summed E-state index contributed by atoms with van der Waals surface area (Å²) in [6, 6.07) is 17.1. The van der Waals surface area contributed by atoms with Gasteiger partial charge in [-0.05, 0) is 35.6 Å². The van der Waals surface area contributed by atoms with Crippen LogP contribution in [0.1, 0.15) is 16.2 Å². The molecule has 0 saturated carbocycles. The van der Waals surface area contributed by atoms with Crippen molar-refractivity contribution in [2.45, 2.75) is 19.5 Å². The van der Waals surface area contributed by atoms with Crippen LogP contribution in [0.4, 0.5) is 4.79 Å². The molecule has 0 atom stereocenters. The van der Waals surface area contributed by atoms with Crippen LogP contribution in [0.5, 0.6) is 0 Å². The number of carbonyl (C=O) groups is 2. The van der Waals surface area contributed by atoms with Crippen molar-refractivity contribution in [3.8, 4) is 0 Å². The zero-order valence-corrected chi connectivity index (χ0v) is 16.3. The van der Waals surface area contributed by atoms with E-state index in [1.807, 2.05) is 64.9 Å². The Morgan fingerprint density at radius 1 is 1.00 bits per heavy atom. The molecule has 3 amide bonds. The summed E-state index contributed by atoms with van der Waals surface area (Å²) in [6.07, 6.45) is 2.36. The molecule has 6 nitrogen and oxygen atoms in total. The van der Waals surface area contributed by atoms with Gasteiger partial charge in [-0.2, -0.15) is 0 Å². The SMILES string of the molecule is O=C(CN(Cc1ccccc1)Cc1ccco1)NC(=O)NCCc1cccs1. The van der Waals surface area contributed by atoms with Gasteiger partial charge in [-0.15, -0.1) is 11.3 Å². The average molecular weight is 398 g/mol. The first kappa shape index (κ1) is 19.9. The summed E-state index contributed by atoms with van der Waals surface area (Å²) in [5, 5.41) is 7.12. The van der Waals surface area contributed by atoms with E-state index in [1.165, 1.54) is 4.88 Å². The van der Waals surface area contributed by atoms with E-state index in [-0.39, 0.29) is 12.5 Å². The highest BCUT2D eigenvalue weighted by atomic mass is 32.1. The largest absolute Gasteiger partial charge is 0.468 e. The number of nitrogens with one attached hydrogen (secondary N) is 2. The fraction of sp³-hybridized carbons (Fsp3) is 0.238. The predicted octanol–water partition coefficient (Wildman–Crippen LogP) is 3.41. The van der Waals surface area contributed by atoms with E-state index in [2.05, 4.69) is 10.6 Å². The highest BCUT2D eigenvalue weighted by Crippen LogP contribution is 2.10. The molecule has 146 valence electrons. The van der Waals surface area contributed by atoms with Crippen LogP contribution in [0.15, 0.2) is 70.7 Å². The summed E-state index contributed by atoms with van der Waals surface area (Å²) in [7, 11) is 0. The number of carbonyl (C=O) groups excluding carboxylic acids is 2. The van der Waals surface area contributed by atoms with E-state index in [0.29, 0.717) is 19.6 Å². The highest BCUT2D eigenvalue weighted by Gasteiger charge is 2.15. The maximum absolute atomic E-state index is 12.3. The van der Waals surface area contributed by atoms with Crippen molar-refractivity contribution in [2.24, 2.45) is 0 Å². The summed E-state index contributed by atoms with van der Waals surface area (Å²) < 4.78 is 5.40. The zero-order chi connectivity index (χ0) is 19.6. The summed E-state index contributed by atoms with van der Waals surface area (Å²) in [5.41, 5.74) is 1.09. The van der Waals surface area contributed by atoms with Gasteiger partial charge >= 0.3 is 6.03 Å². The molecule has 2 aromatic heterocycles. The molecule has 0 unspecified atom stereocenters. The van der Waals surface area contributed by atoms with Crippen LogP contribution in [0.3, 0.4) is 0 Å². The smallest absolute Gasteiger partial charge is 0.321 e. The van der Waals surface area contributed by atoms with Gasteiger partial charge in [0, 0.05) is 18.0 Å². The second kappa shape index (κ2) is 10.4. The normalized spacial score (nSPS) is 10.8. The number of nitrogens with zero attached hydrogens (tertiary/aromatic N) is 1. The minimum atomic E-state index is -0.473. The first-order valence-corrected chi connectivity index (χ1v) is 9.96. The molecule has 0 fully saturated rings. The molecule has 0 aliphatic carbocycles. The molecule has 28 heavy (non-hydrogen) atoms. The van der Waals surface area contributed by atoms with E-state index < -0.39 is 6.03 Å².